The Labute approximate surface area is 166 Å². The molecule has 2 aromatic rings. The molecule has 0 aromatic heterocycles. The van der Waals surface area contributed by atoms with Gasteiger partial charge in [-0.25, -0.2) is 8.42 Å². The van der Waals surface area contributed by atoms with Crippen molar-refractivity contribution in [1.82, 2.24) is 4.90 Å². The predicted molar refractivity (Wildman–Crippen MR) is 109 cm³/mol. The van der Waals surface area contributed by atoms with Crippen LogP contribution in [0.15, 0.2) is 53.4 Å². The summed E-state index contributed by atoms with van der Waals surface area (Å²) in [6.07, 6.45) is 2.10. The molecule has 0 saturated carbocycles. The number of nitrogens with zero attached hydrogens (tertiary/aromatic N) is 3. The lowest BCUT2D eigenvalue weighted by Gasteiger charge is -2.36. The third kappa shape index (κ3) is 5.24. The maximum atomic E-state index is 11.5. The monoisotopic (exact) mass is 399 g/mol. The average molecular weight is 400 g/mol. The zero-order chi connectivity index (χ0) is 20.0. The number of hydrogen-bond acceptors (Lipinski definition) is 6. The van der Waals surface area contributed by atoms with Crippen LogP contribution in [0, 0.1) is 11.3 Å². The predicted octanol–water partition coefficient (Wildman–Crippen LogP) is 2.55. The first-order valence-corrected chi connectivity index (χ1v) is 11.3. The molecular weight excluding hydrogens is 374 g/mol. The fraction of sp³-hybridized carbons (Fsp3) is 0.381. The van der Waals surface area contributed by atoms with Gasteiger partial charge in [0.15, 0.2) is 9.84 Å². The largest absolute Gasteiger partial charge is 0.494 e. The molecule has 1 aliphatic rings. The van der Waals surface area contributed by atoms with Gasteiger partial charge >= 0.3 is 0 Å². The van der Waals surface area contributed by atoms with E-state index in [1.165, 1.54) is 6.26 Å². The molecule has 3 rings (SSSR count). The fourth-order valence-corrected chi connectivity index (χ4v) is 3.95. The van der Waals surface area contributed by atoms with E-state index in [4.69, 9.17) is 4.74 Å². The highest BCUT2D eigenvalue weighted by Crippen LogP contribution is 2.21. The molecule has 0 spiro atoms. The van der Waals surface area contributed by atoms with Gasteiger partial charge in [0.05, 0.1) is 22.8 Å². The van der Waals surface area contributed by atoms with Gasteiger partial charge in [0, 0.05) is 39.0 Å². The van der Waals surface area contributed by atoms with Gasteiger partial charge in [0.2, 0.25) is 0 Å². The van der Waals surface area contributed by atoms with Gasteiger partial charge in [-0.3, -0.25) is 4.90 Å². The van der Waals surface area contributed by atoms with Gasteiger partial charge in [-0.2, -0.15) is 5.26 Å². The molecule has 0 radical (unpaired) electrons. The van der Waals surface area contributed by atoms with Crippen molar-refractivity contribution in [3.63, 3.8) is 0 Å². The van der Waals surface area contributed by atoms with E-state index in [1.54, 1.807) is 24.3 Å². The van der Waals surface area contributed by atoms with E-state index >= 15 is 0 Å². The van der Waals surface area contributed by atoms with Crippen molar-refractivity contribution in [1.29, 1.82) is 5.26 Å². The number of ether oxygens (including phenoxy) is 1. The zero-order valence-electron chi connectivity index (χ0n) is 16.0. The van der Waals surface area contributed by atoms with Gasteiger partial charge in [-0.05, 0) is 42.8 Å². The third-order valence-electron chi connectivity index (χ3n) is 4.88. The summed E-state index contributed by atoms with van der Waals surface area (Å²) in [7, 11) is -3.17. The SMILES string of the molecule is CS(=O)(=O)c1ccc(OCCCN2CCN(c3ccccc3C#N)CC2)cc1. The number of sulfone groups is 1. The van der Waals surface area contributed by atoms with E-state index in [-0.39, 0.29) is 0 Å². The van der Waals surface area contributed by atoms with Crippen molar-refractivity contribution in [2.75, 3.05) is 50.5 Å². The Balaban J connectivity index is 1.40. The Morgan fingerprint density at radius 1 is 1.04 bits per heavy atom. The van der Waals surface area contributed by atoms with Crippen molar-refractivity contribution in [2.24, 2.45) is 0 Å². The first kappa shape index (κ1) is 20.2. The quantitative estimate of drug-likeness (QED) is 0.666. The van der Waals surface area contributed by atoms with Crippen molar-refractivity contribution in [3.8, 4) is 11.8 Å². The minimum Gasteiger partial charge on any atom is -0.494 e. The van der Waals surface area contributed by atoms with Gasteiger partial charge in [0.1, 0.15) is 11.8 Å². The van der Waals surface area contributed by atoms with E-state index in [9.17, 15) is 13.7 Å². The third-order valence-corrected chi connectivity index (χ3v) is 6.01. The summed E-state index contributed by atoms with van der Waals surface area (Å²) < 4.78 is 28.6. The van der Waals surface area contributed by atoms with Crippen LogP contribution in [0.2, 0.25) is 0 Å². The van der Waals surface area contributed by atoms with E-state index in [0.29, 0.717) is 17.3 Å². The van der Waals surface area contributed by atoms with Crippen LogP contribution in [-0.2, 0) is 9.84 Å². The maximum absolute atomic E-state index is 11.5. The Morgan fingerprint density at radius 2 is 1.71 bits per heavy atom. The van der Waals surface area contributed by atoms with Gasteiger partial charge in [-0.15, -0.1) is 0 Å². The second kappa shape index (κ2) is 9.09. The summed E-state index contributed by atoms with van der Waals surface area (Å²) >= 11 is 0. The fourth-order valence-electron chi connectivity index (χ4n) is 3.32. The first-order chi connectivity index (χ1) is 13.5. The molecule has 1 aliphatic heterocycles. The molecule has 1 saturated heterocycles. The van der Waals surface area contributed by atoms with Crippen molar-refractivity contribution in [2.45, 2.75) is 11.3 Å². The molecule has 0 aliphatic carbocycles. The van der Waals surface area contributed by atoms with Crippen LogP contribution in [0.5, 0.6) is 5.75 Å². The van der Waals surface area contributed by atoms with Gasteiger partial charge < -0.3 is 9.64 Å². The average Bonchev–Trinajstić information content (AvgIpc) is 2.71. The minimum absolute atomic E-state index is 0.302. The Morgan fingerprint density at radius 3 is 2.36 bits per heavy atom. The summed E-state index contributed by atoms with van der Waals surface area (Å²) in [5.74, 6) is 0.685. The Bertz CT molecular complexity index is 928. The molecule has 0 bridgehead atoms. The summed E-state index contributed by atoms with van der Waals surface area (Å²) in [6, 6.07) is 16.5. The number of piperazine rings is 1. The molecule has 1 heterocycles. The van der Waals surface area contributed by atoms with Crippen LogP contribution in [-0.4, -0.2) is 58.9 Å². The van der Waals surface area contributed by atoms with Crippen LogP contribution >= 0.6 is 0 Å². The summed E-state index contributed by atoms with van der Waals surface area (Å²) in [5.41, 5.74) is 1.75. The number of benzene rings is 2. The minimum atomic E-state index is -3.17. The summed E-state index contributed by atoms with van der Waals surface area (Å²) in [6.45, 7) is 5.29. The number of anilines is 1. The molecule has 7 heteroatoms. The van der Waals surface area contributed by atoms with Crippen molar-refractivity contribution < 1.29 is 13.2 Å². The summed E-state index contributed by atoms with van der Waals surface area (Å²) in [5, 5.41) is 9.26. The van der Waals surface area contributed by atoms with Crippen LogP contribution in [0.25, 0.3) is 0 Å². The summed E-state index contributed by atoms with van der Waals surface area (Å²) in [4.78, 5) is 4.98. The van der Waals surface area contributed by atoms with Crippen molar-refractivity contribution in [3.05, 3.63) is 54.1 Å². The lowest BCUT2D eigenvalue weighted by molar-refractivity contribution is 0.224. The Kier molecular flexibility index (Phi) is 6.55. The molecular formula is C21H25N3O3S. The smallest absolute Gasteiger partial charge is 0.175 e. The molecule has 2 aromatic carbocycles. The zero-order valence-corrected chi connectivity index (χ0v) is 16.9. The van der Waals surface area contributed by atoms with Gasteiger partial charge in [-0.1, -0.05) is 12.1 Å². The normalized spacial score (nSPS) is 15.2. The molecule has 1 fully saturated rings. The number of rotatable bonds is 7. The van der Waals surface area contributed by atoms with Crippen LogP contribution in [0.4, 0.5) is 5.69 Å². The lowest BCUT2D eigenvalue weighted by atomic mass is 10.1. The Hall–Kier alpha value is -2.56. The van der Waals surface area contributed by atoms with E-state index in [1.807, 2.05) is 24.3 Å². The van der Waals surface area contributed by atoms with E-state index in [2.05, 4.69) is 15.9 Å². The standard InChI is InChI=1S/C21H25N3O3S/c1-28(25,26)20-9-7-19(8-10-20)27-16-4-11-23-12-14-24(15-13-23)21-6-3-2-5-18(21)17-22/h2-3,5-10H,4,11-16H2,1H3. The highest BCUT2D eigenvalue weighted by atomic mass is 32.2. The van der Waals surface area contributed by atoms with Crippen LogP contribution < -0.4 is 9.64 Å². The maximum Gasteiger partial charge on any atom is 0.175 e. The second-order valence-corrected chi connectivity index (χ2v) is 8.92. The second-order valence-electron chi connectivity index (χ2n) is 6.90. The van der Waals surface area contributed by atoms with E-state index < -0.39 is 9.84 Å². The van der Waals surface area contributed by atoms with Crippen molar-refractivity contribution >= 4 is 15.5 Å². The van der Waals surface area contributed by atoms with Crippen LogP contribution in [0.1, 0.15) is 12.0 Å². The van der Waals surface area contributed by atoms with Crippen LogP contribution in [0.3, 0.4) is 0 Å². The molecule has 148 valence electrons. The molecule has 0 atom stereocenters. The van der Waals surface area contributed by atoms with Gasteiger partial charge in [0.25, 0.3) is 0 Å². The lowest BCUT2D eigenvalue weighted by Crippen LogP contribution is -2.47. The molecule has 0 unspecified atom stereocenters. The van der Waals surface area contributed by atoms with E-state index in [0.717, 1.165) is 50.4 Å². The number of para-hydroxylation sites is 1. The molecule has 6 nitrogen and oxygen atoms in total. The first-order valence-electron chi connectivity index (χ1n) is 9.37. The molecule has 0 amide bonds. The topological polar surface area (TPSA) is 73.6 Å². The molecule has 0 N–H and O–H groups in total. The number of nitriles is 1. The molecule has 28 heavy (non-hydrogen) atoms. The highest BCUT2D eigenvalue weighted by molar-refractivity contribution is 7.90. The highest BCUT2D eigenvalue weighted by Gasteiger charge is 2.18. The number of hydrogen-bond donors (Lipinski definition) is 0.